The molecule has 1 N–H and O–H groups in total. The Morgan fingerprint density at radius 3 is 2.45 bits per heavy atom. The van der Waals surface area contributed by atoms with Crippen molar-refractivity contribution in [1.82, 2.24) is 9.78 Å². The normalized spacial score (nSPS) is 12.7. The summed E-state index contributed by atoms with van der Waals surface area (Å²) < 4.78 is 1.65. The van der Waals surface area contributed by atoms with E-state index in [2.05, 4.69) is 36.3 Å². The van der Waals surface area contributed by atoms with Crippen molar-refractivity contribution in [3.8, 4) is 0 Å². The van der Waals surface area contributed by atoms with Crippen LogP contribution in [0.15, 0.2) is 24.3 Å². The maximum absolute atomic E-state index is 10.2. The molecule has 0 bridgehead atoms. The fourth-order valence-corrected chi connectivity index (χ4v) is 2.58. The standard InChI is InChI=1S/C16H21ClN2O/c1-11-4-6-13(7-5-11)8-9-14(20)10-15-12(2)18-19(3)16(15)17/h4-7,14,20H,8-10H2,1-3H3. The average molecular weight is 293 g/mol. The van der Waals surface area contributed by atoms with E-state index in [-0.39, 0.29) is 0 Å². The van der Waals surface area contributed by atoms with Gasteiger partial charge in [0.05, 0.1) is 11.8 Å². The number of nitrogens with zero attached hydrogens (tertiary/aromatic N) is 2. The van der Waals surface area contributed by atoms with E-state index in [0.29, 0.717) is 11.6 Å². The number of rotatable bonds is 5. The molecule has 2 rings (SSSR count). The molecule has 1 aromatic heterocycles. The van der Waals surface area contributed by atoms with Gasteiger partial charge in [-0.1, -0.05) is 41.4 Å². The number of aliphatic hydroxyl groups is 1. The molecule has 0 amide bonds. The summed E-state index contributed by atoms with van der Waals surface area (Å²) in [6.07, 6.45) is 1.77. The van der Waals surface area contributed by atoms with E-state index in [4.69, 9.17) is 11.6 Å². The predicted octanol–water partition coefficient (Wildman–Crippen LogP) is 3.23. The van der Waals surface area contributed by atoms with Crippen LogP contribution < -0.4 is 0 Å². The molecular formula is C16H21ClN2O. The molecule has 1 aromatic carbocycles. The molecule has 0 spiro atoms. The van der Waals surface area contributed by atoms with Crippen molar-refractivity contribution in [3.05, 3.63) is 51.8 Å². The number of halogens is 1. The summed E-state index contributed by atoms with van der Waals surface area (Å²) in [5.74, 6) is 0. The number of aliphatic hydroxyl groups excluding tert-OH is 1. The maximum Gasteiger partial charge on any atom is 0.130 e. The van der Waals surface area contributed by atoms with Gasteiger partial charge in [-0.3, -0.25) is 4.68 Å². The monoisotopic (exact) mass is 292 g/mol. The molecule has 108 valence electrons. The lowest BCUT2D eigenvalue weighted by Crippen LogP contribution is -2.12. The molecule has 0 aliphatic carbocycles. The first-order valence-electron chi connectivity index (χ1n) is 6.89. The van der Waals surface area contributed by atoms with Gasteiger partial charge in [-0.25, -0.2) is 0 Å². The second kappa shape index (κ2) is 6.42. The fourth-order valence-electron chi connectivity index (χ4n) is 2.33. The molecule has 0 fully saturated rings. The van der Waals surface area contributed by atoms with Crippen LogP contribution in [0.2, 0.25) is 5.15 Å². The molecule has 0 aliphatic heterocycles. The Hall–Kier alpha value is -1.32. The number of hydrogen-bond acceptors (Lipinski definition) is 2. The van der Waals surface area contributed by atoms with Crippen LogP contribution in [0, 0.1) is 13.8 Å². The molecule has 20 heavy (non-hydrogen) atoms. The smallest absolute Gasteiger partial charge is 0.130 e. The van der Waals surface area contributed by atoms with Gasteiger partial charge in [0.25, 0.3) is 0 Å². The molecule has 3 nitrogen and oxygen atoms in total. The zero-order chi connectivity index (χ0) is 14.7. The van der Waals surface area contributed by atoms with Gasteiger partial charge in [0, 0.05) is 19.0 Å². The third-order valence-corrected chi connectivity index (χ3v) is 4.07. The highest BCUT2D eigenvalue weighted by Gasteiger charge is 2.15. The third kappa shape index (κ3) is 3.62. The molecule has 2 aromatic rings. The van der Waals surface area contributed by atoms with E-state index in [0.717, 1.165) is 24.1 Å². The first-order valence-corrected chi connectivity index (χ1v) is 7.26. The van der Waals surface area contributed by atoms with E-state index in [1.165, 1.54) is 11.1 Å². The first kappa shape index (κ1) is 15.1. The third-order valence-electron chi connectivity index (χ3n) is 3.60. The lowest BCUT2D eigenvalue weighted by Gasteiger charge is -2.10. The van der Waals surface area contributed by atoms with Crippen molar-refractivity contribution < 1.29 is 5.11 Å². The van der Waals surface area contributed by atoms with E-state index < -0.39 is 6.10 Å². The average Bonchev–Trinajstić information content (AvgIpc) is 2.65. The highest BCUT2D eigenvalue weighted by Crippen LogP contribution is 2.21. The lowest BCUT2D eigenvalue weighted by atomic mass is 10.0. The maximum atomic E-state index is 10.2. The predicted molar refractivity (Wildman–Crippen MR) is 82.2 cm³/mol. The second-order valence-corrected chi connectivity index (χ2v) is 5.72. The largest absolute Gasteiger partial charge is 0.393 e. The Kier molecular flexibility index (Phi) is 4.84. The van der Waals surface area contributed by atoms with Crippen molar-refractivity contribution in [2.45, 2.75) is 39.2 Å². The van der Waals surface area contributed by atoms with Crippen molar-refractivity contribution in [3.63, 3.8) is 0 Å². The molecule has 1 atom stereocenters. The van der Waals surface area contributed by atoms with Crippen molar-refractivity contribution in [2.24, 2.45) is 7.05 Å². The zero-order valence-electron chi connectivity index (χ0n) is 12.2. The number of hydrogen-bond donors (Lipinski definition) is 1. The summed E-state index contributed by atoms with van der Waals surface area (Å²) in [6, 6.07) is 8.43. The molecule has 0 aliphatic rings. The minimum Gasteiger partial charge on any atom is -0.393 e. The molecule has 0 saturated heterocycles. The van der Waals surface area contributed by atoms with Crippen LogP contribution in [-0.4, -0.2) is 21.0 Å². The second-order valence-electron chi connectivity index (χ2n) is 5.36. The van der Waals surface area contributed by atoms with Crippen LogP contribution in [0.4, 0.5) is 0 Å². The van der Waals surface area contributed by atoms with Crippen LogP contribution in [0.3, 0.4) is 0 Å². The van der Waals surface area contributed by atoms with Crippen molar-refractivity contribution in [2.75, 3.05) is 0 Å². The van der Waals surface area contributed by atoms with Crippen molar-refractivity contribution in [1.29, 1.82) is 0 Å². The summed E-state index contributed by atoms with van der Waals surface area (Å²) >= 11 is 6.18. The Bertz CT molecular complexity index is 575. The van der Waals surface area contributed by atoms with Crippen LogP contribution in [0.1, 0.15) is 28.8 Å². The van der Waals surface area contributed by atoms with Gasteiger partial charge in [0.15, 0.2) is 0 Å². The molecule has 1 unspecified atom stereocenters. The van der Waals surface area contributed by atoms with E-state index >= 15 is 0 Å². The van der Waals surface area contributed by atoms with E-state index in [1.54, 1.807) is 4.68 Å². The summed E-state index contributed by atoms with van der Waals surface area (Å²) in [4.78, 5) is 0. The van der Waals surface area contributed by atoms with E-state index in [1.807, 2.05) is 14.0 Å². The van der Waals surface area contributed by atoms with Gasteiger partial charge in [-0.05, 0) is 32.3 Å². The minimum absolute atomic E-state index is 0.392. The Labute approximate surface area is 125 Å². The summed E-state index contributed by atoms with van der Waals surface area (Å²) in [6.45, 7) is 4.00. The summed E-state index contributed by atoms with van der Waals surface area (Å²) in [7, 11) is 1.82. The Balaban J connectivity index is 1.92. The molecule has 0 radical (unpaired) electrons. The number of benzene rings is 1. The molecular weight excluding hydrogens is 272 g/mol. The van der Waals surface area contributed by atoms with E-state index in [9.17, 15) is 5.11 Å². The minimum atomic E-state index is -0.392. The van der Waals surface area contributed by atoms with Gasteiger partial charge >= 0.3 is 0 Å². The molecule has 1 heterocycles. The SMILES string of the molecule is Cc1ccc(CCC(O)Cc2c(C)nn(C)c2Cl)cc1. The fraction of sp³-hybridized carbons (Fsp3) is 0.438. The number of aryl methyl sites for hydroxylation is 4. The zero-order valence-corrected chi connectivity index (χ0v) is 13.0. The summed E-state index contributed by atoms with van der Waals surface area (Å²) in [5.41, 5.74) is 4.35. The highest BCUT2D eigenvalue weighted by atomic mass is 35.5. The van der Waals surface area contributed by atoms with Crippen molar-refractivity contribution >= 4 is 11.6 Å². The molecule has 4 heteroatoms. The quantitative estimate of drug-likeness (QED) is 0.919. The van der Waals surface area contributed by atoms with Gasteiger partial charge in [0.1, 0.15) is 5.15 Å². The highest BCUT2D eigenvalue weighted by molar-refractivity contribution is 6.30. The Morgan fingerprint density at radius 1 is 1.25 bits per heavy atom. The van der Waals surface area contributed by atoms with Gasteiger partial charge in [0.2, 0.25) is 0 Å². The molecule has 0 saturated carbocycles. The van der Waals surface area contributed by atoms with Crippen LogP contribution in [0.5, 0.6) is 0 Å². The van der Waals surface area contributed by atoms with Gasteiger partial charge in [-0.15, -0.1) is 0 Å². The van der Waals surface area contributed by atoms with Gasteiger partial charge in [-0.2, -0.15) is 5.10 Å². The van der Waals surface area contributed by atoms with Crippen LogP contribution in [0.25, 0.3) is 0 Å². The van der Waals surface area contributed by atoms with Crippen LogP contribution >= 0.6 is 11.6 Å². The Morgan fingerprint density at radius 2 is 1.90 bits per heavy atom. The topological polar surface area (TPSA) is 38.1 Å². The van der Waals surface area contributed by atoms with Gasteiger partial charge < -0.3 is 5.11 Å². The lowest BCUT2D eigenvalue weighted by molar-refractivity contribution is 0.165. The van der Waals surface area contributed by atoms with Crippen LogP contribution in [-0.2, 0) is 19.9 Å². The number of aromatic nitrogens is 2. The summed E-state index contributed by atoms with van der Waals surface area (Å²) in [5, 5.41) is 15.1. The first-order chi connectivity index (χ1) is 9.47.